The average Bonchev–Trinajstić information content (AvgIpc) is 2.15. The number of carboxylic acids is 1. The maximum Gasteiger partial charge on any atom is 0.387 e. The zero-order valence-electron chi connectivity index (χ0n) is 9.10. The molecule has 0 unspecified atom stereocenters. The van der Waals surface area contributed by atoms with Crippen molar-refractivity contribution in [2.24, 2.45) is 0 Å². The smallest absolute Gasteiger partial charge is 0.387 e. The number of rotatable bonds is 4. The number of aromatic nitrogens is 1. The number of nitro groups is 1. The van der Waals surface area contributed by atoms with E-state index < -0.39 is 22.2 Å². The van der Waals surface area contributed by atoms with Gasteiger partial charge in [-0.2, -0.15) is 0 Å². The van der Waals surface area contributed by atoms with Crippen LogP contribution in [0.25, 0.3) is 0 Å². The van der Waals surface area contributed by atoms with Crippen molar-refractivity contribution in [2.45, 2.75) is 19.4 Å². The monoisotopic (exact) mass is 303 g/mol. The molecule has 1 aromatic heterocycles. The highest BCUT2D eigenvalue weighted by atomic mass is 79.9. The molecule has 0 aliphatic rings. The lowest BCUT2D eigenvalue weighted by atomic mass is 10.1. The molecule has 0 saturated heterocycles. The number of halogens is 1. The summed E-state index contributed by atoms with van der Waals surface area (Å²) < 4.78 is 0.520. The maximum atomic E-state index is 10.9. The van der Waals surface area contributed by atoms with Gasteiger partial charge in [0.1, 0.15) is 11.2 Å². The largest absolute Gasteiger partial charge is 0.480 e. The van der Waals surface area contributed by atoms with Crippen molar-refractivity contribution in [1.82, 2.24) is 4.98 Å². The highest BCUT2D eigenvalue weighted by Gasteiger charge is 2.30. The van der Waals surface area contributed by atoms with Crippen molar-refractivity contribution in [3.05, 3.63) is 26.9 Å². The Morgan fingerprint density at radius 2 is 2.24 bits per heavy atom. The minimum atomic E-state index is -1.33. The number of hydrogen-bond donors (Lipinski definition) is 2. The van der Waals surface area contributed by atoms with Gasteiger partial charge in [0.25, 0.3) is 0 Å². The number of pyridine rings is 1. The van der Waals surface area contributed by atoms with E-state index in [1.807, 2.05) is 0 Å². The van der Waals surface area contributed by atoms with Crippen molar-refractivity contribution >= 4 is 33.4 Å². The summed E-state index contributed by atoms with van der Waals surface area (Å²) in [6, 6.07) is 1.41. The van der Waals surface area contributed by atoms with E-state index in [9.17, 15) is 14.9 Å². The van der Waals surface area contributed by atoms with Gasteiger partial charge in [-0.3, -0.25) is 0 Å². The van der Waals surface area contributed by atoms with E-state index in [4.69, 9.17) is 5.11 Å². The van der Waals surface area contributed by atoms with E-state index in [0.29, 0.717) is 4.47 Å². The summed E-state index contributed by atoms with van der Waals surface area (Å²) in [5.74, 6) is -1.53. The van der Waals surface area contributed by atoms with Gasteiger partial charge in [-0.15, -0.1) is 0 Å². The molecule has 0 fully saturated rings. The Morgan fingerprint density at radius 1 is 1.65 bits per heavy atom. The van der Waals surface area contributed by atoms with Gasteiger partial charge in [-0.25, -0.2) is 4.79 Å². The molecule has 0 aliphatic carbocycles. The number of carbonyl (C=O) groups is 1. The van der Waals surface area contributed by atoms with Gasteiger partial charge in [-0.05, 0) is 45.8 Å². The second kappa shape index (κ2) is 4.66. The van der Waals surface area contributed by atoms with Crippen LogP contribution >= 0.6 is 15.9 Å². The minimum absolute atomic E-state index is 0.0526. The Labute approximate surface area is 105 Å². The molecule has 0 saturated carbocycles. The molecule has 8 heteroatoms. The van der Waals surface area contributed by atoms with Crippen LogP contribution in [0.3, 0.4) is 0 Å². The zero-order chi connectivity index (χ0) is 13.2. The number of aliphatic carboxylic acids is 1. The molecule has 0 aliphatic heterocycles. The van der Waals surface area contributed by atoms with Crippen LogP contribution in [-0.4, -0.2) is 26.5 Å². The molecule has 2 N–H and O–H groups in total. The summed E-state index contributed by atoms with van der Waals surface area (Å²) in [5.41, 5.74) is -1.27. The van der Waals surface area contributed by atoms with Crippen molar-refractivity contribution in [1.29, 1.82) is 0 Å². The minimum Gasteiger partial charge on any atom is -0.480 e. The lowest BCUT2D eigenvalue weighted by molar-refractivity contribution is -0.388. The molecule has 1 rings (SSSR count). The number of anilines is 1. The number of hydrogen-bond acceptors (Lipinski definition) is 5. The molecule has 0 bridgehead atoms. The fourth-order valence-corrected chi connectivity index (χ4v) is 1.39. The predicted octanol–water partition coefficient (Wildman–Crippen LogP) is 2.03. The van der Waals surface area contributed by atoms with Gasteiger partial charge in [0.15, 0.2) is 6.20 Å². The molecule has 0 aromatic carbocycles. The second-order valence-corrected chi connectivity index (χ2v) is 4.75. The standard InChI is InChI=1S/C9H10BrN3O4/c1-9(2,8(14)15)12-6-3-5(10)4-11-7(6)13(16)17/h3-4,12H,1-2H3,(H,14,15). The van der Waals surface area contributed by atoms with E-state index in [1.165, 1.54) is 26.1 Å². The summed E-state index contributed by atoms with van der Waals surface area (Å²) in [7, 11) is 0. The van der Waals surface area contributed by atoms with Gasteiger partial charge in [0.2, 0.25) is 0 Å². The SMILES string of the molecule is CC(C)(Nc1cc(Br)cnc1[N+](=O)[O-])C(=O)O. The van der Waals surface area contributed by atoms with Crippen molar-refractivity contribution in [3.8, 4) is 0 Å². The number of nitrogens with one attached hydrogen (secondary N) is 1. The van der Waals surface area contributed by atoms with E-state index in [1.54, 1.807) is 0 Å². The van der Waals surface area contributed by atoms with E-state index >= 15 is 0 Å². The highest BCUT2D eigenvalue weighted by molar-refractivity contribution is 9.10. The van der Waals surface area contributed by atoms with E-state index in [-0.39, 0.29) is 5.69 Å². The van der Waals surface area contributed by atoms with Crippen LogP contribution in [0.2, 0.25) is 0 Å². The third-order valence-corrected chi connectivity index (χ3v) is 2.42. The summed E-state index contributed by atoms with van der Waals surface area (Å²) in [6.45, 7) is 2.81. The average molecular weight is 304 g/mol. The summed E-state index contributed by atoms with van der Waals surface area (Å²) in [6.07, 6.45) is 1.27. The van der Waals surface area contributed by atoms with Crippen LogP contribution in [0.4, 0.5) is 11.5 Å². The first kappa shape index (κ1) is 13.4. The van der Waals surface area contributed by atoms with Gasteiger partial charge >= 0.3 is 11.8 Å². The molecule has 92 valence electrons. The van der Waals surface area contributed by atoms with Gasteiger partial charge in [0, 0.05) is 0 Å². The van der Waals surface area contributed by atoms with Crippen LogP contribution in [0.1, 0.15) is 13.8 Å². The van der Waals surface area contributed by atoms with Crippen LogP contribution in [0, 0.1) is 10.1 Å². The van der Waals surface area contributed by atoms with Crippen molar-refractivity contribution < 1.29 is 14.8 Å². The Bertz CT molecular complexity index is 475. The van der Waals surface area contributed by atoms with Crippen LogP contribution in [0.5, 0.6) is 0 Å². The van der Waals surface area contributed by atoms with Crippen LogP contribution in [-0.2, 0) is 4.79 Å². The van der Waals surface area contributed by atoms with E-state index in [2.05, 4.69) is 26.2 Å². The molecule has 0 spiro atoms. The third kappa shape index (κ3) is 3.13. The lowest BCUT2D eigenvalue weighted by Crippen LogP contribution is -2.40. The Kier molecular flexibility index (Phi) is 3.66. The fourth-order valence-electron chi connectivity index (χ4n) is 1.06. The molecule has 7 nitrogen and oxygen atoms in total. The maximum absolute atomic E-state index is 10.9. The summed E-state index contributed by atoms with van der Waals surface area (Å²) >= 11 is 3.12. The Morgan fingerprint density at radius 3 is 2.71 bits per heavy atom. The van der Waals surface area contributed by atoms with Gasteiger partial charge < -0.3 is 20.5 Å². The first-order valence-corrected chi connectivity index (χ1v) is 5.35. The summed E-state index contributed by atoms with van der Waals surface area (Å²) in [4.78, 5) is 24.6. The lowest BCUT2D eigenvalue weighted by Gasteiger charge is -2.21. The van der Waals surface area contributed by atoms with Crippen molar-refractivity contribution in [2.75, 3.05) is 5.32 Å². The molecule has 1 heterocycles. The third-order valence-electron chi connectivity index (χ3n) is 1.99. The number of carboxylic acid groups (broad SMARTS) is 1. The van der Waals surface area contributed by atoms with Crippen molar-refractivity contribution in [3.63, 3.8) is 0 Å². The van der Waals surface area contributed by atoms with Gasteiger partial charge in [0.05, 0.1) is 4.47 Å². The zero-order valence-corrected chi connectivity index (χ0v) is 10.7. The Hall–Kier alpha value is -1.70. The molecule has 0 atom stereocenters. The molecule has 0 amide bonds. The highest BCUT2D eigenvalue weighted by Crippen LogP contribution is 2.27. The normalized spacial score (nSPS) is 11.0. The molecule has 17 heavy (non-hydrogen) atoms. The first-order chi connectivity index (χ1) is 7.74. The predicted molar refractivity (Wildman–Crippen MR) is 63.9 cm³/mol. The second-order valence-electron chi connectivity index (χ2n) is 3.84. The quantitative estimate of drug-likeness (QED) is 0.651. The molecule has 1 aromatic rings. The number of nitrogens with zero attached hydrogens (tertiary/aromatic N) is 2. The first-order valence-electron chi connectivity index (χ1n) is 4.55. The Balaban J connectivity index is 3.17. The molecular formula is C9H10BrN3O4. The van der Waals surface area contributed by atoms with E-state index in [0.717, 1.165) is 0 Å². The molecular weight excluding hydrogens is 294 g/mol. The fraction of sp³-hybridized carbons (Fsp3) is 0.333. The van der Waals surface area contributed by atoms with Gasteiger partial charge in [-0.1, -0.05) is 0 Å². The topological polar surface area (TPSA) is 105 Å². The van der Waals surface area contributed by atoms with Crippen LogP contribution in [0.15, 0.2) is 16.7 Å². The van der Waals surface area contributed by atoms with Crippen LogP contribution < -0.4 is 5.32 Å². The summed E-state index contributed by atoms with van der Waals surface area (Å²) in [5, 5.41) is 22.2. The molecule has 0 radical (unpaired) electrons.